The first-order valence-corrected chi connectivity index (χ1v) is 8.48. The van der Waals surface area contributed by atoms with Crippen LogP contribution in [0.2, 0.25) is 0 Å². The van der Waals surface area contributed by atoms with Crippen LogP contribution in [-0.4, -0.2) is 40.2 Å². The Morgan fingerprint density at radius 3 is 2.96 bits per heavy atom. The summed E-state index contributed by atoms with van der Waals surface area (Å²) in [5.74, 6) is -0.804. The molecular formula is C18H22F2N4O. The predicted octanol–water partition coefficient (Wildman–Crippen LogP) is 2.50. The second-order valence-corrected chi connectivity index (χ2v) is 6.53. The van der Waals surface area contributed by atoms with Crippen LogP contribution >= 0.6 is 0 Å². The normalized spacial score (nSPS) is 18.3. The van der Waals surface area contributed by atoms with E-state index in [2.05, 4.69) is 15.3 Å². The molecule has 1 aliphatic rings. The molecule has 0 radical (unpaired) electrons. The quantitative estimate of drug-likeness (QED) is 0.903. The van der Waals surface area contributed by atoms with Gasteiger partial charge < -0.3 is 5.32 Å². The molecule has 1 aliphatic heterocycles. The van der Waals surface area contributed by atoms with Crippen molar-refractivity contribution in [3.63, 3.8) is 0 Å². The number of nitrogens with one attached hydrogen (secondary N) is 1. The summed E-state index contributed by atoms with van der Waals surface area (Å²) in [5.41, 5.74) is 1.07. The van der Waals surface area contributed by atoms with E-state index in [0.29, 0.717) is 19.0 Å². The van der Waals surface area contributed by atoms with E-state index >= 15 is 0 Å². The van der Waals surface area contributed by atoms with E-state index in [4.69, 9.17) is 0 Å². The monoisotopic (exact) mass is 348 g/mol. The van der Waals surface area contributed by atoms with E-state index in [1.165, 1.54) is 23.7 Å². The largest absolute Gasteiger partial charge is 0.356 e. The zero-order valence-corrected chi connectivity index (χ0v) is 14.2. The molecule has 1 N–H and O–H groups in total. The van der Waals surface area contributed by atoms with Gasteiger partial charge in [-0.3, -0.25) is 9.69 Å². The smallest absolute Gasteiger partial charge is 0.216 e. The van der Waals surface area contributed by atoms with Gasteiger partial charge >= 0.3 is 0 Å². The Kier molecular flexibility index (Phi) is 5.43. The number of piperidine rings is 1. The maximum atomic E-state index is 13.9. The second kappa shape index (κ2) is 7.74. The molecule has 134 valence electrons. The minimum Gasteiger partial charge on any atom is -0.356 e. The molecule has 5 nitrogen and oxygen atoms in total. The maximum Gasteiger partial charge on any atom is 0.216 e. The SMILES string of the molecule is CC(=O)NCC1CCCN(Cc2ccn(-c3ccc(F)cc3F)n2)C1. The van der Waals surface area contributed by atoms with Gasteiger partial charge in [-0.15, -0.1) is 0 Å². The zero-order chi connectivity index (χ0) is 17.8. The van der Waals surface area contributed by atoms with Gasteiger partial charge in [-0.05, 0) is 43.5 Å². The average molecular weight is 348 g/mol. The van der Waals surface area contributed by atoms with Crippen molar-refractivity contribution in [1.29, 1.82) is 0 Å². The van der Waals surface area contributed by atoms with E-state index in [-0.39, 0.29) is 11.6 Å². The summed E-state index contributed by atoms with van der Waals surface area (Å²) >= 11 is 0. The number of aromatic nitrogens is 2. The number of amides is 1. The molecule has 1 saturated heterocycles. The van der Waals surface area contributed by atoms with E-state index in [1.54, 1.807) is 6.20 Å². The fraction of sp³-hybridized carbons (Fsp3) is 0.444. The molecule has 1 aromatic carbocycles. The van der Waals surface area contributed by atoms with Crippen molar-refractivity contribution in [3.8, 4) is 5.69 Å². The van der Waals surface area contributed by atoms with Gasteiger partial charge in [0, 0.05) is 38.8 Å². The number of hydrogen-bond donors (Lipinski definition) is 1. The minimum atomic E-state index is -0.636. The van der Waals surface area contributed by atoms with Crippen molar-refractivity contribution >= 4 is 5.91 Å². The van der Waals surface area contributed by atoms with Crippen LogP contribution in [0.3, 0.4) is 0 Å². The van der Waals surface area contributed by atoms with Crippen molar-refractivity contribution < 1.29 is 13.6 Å². The van der Waals surface area contributed by atoms with E-state index in [1.807, 2.05) is 6.07 Å². The fourth-order valence-electron chi connectivity index (χ4n) is 3.23. The van der Waals surface area contributed by atoms with E-state index < -0.39 is 11.6 Å². The number of nitrogens with zero attached hydrogens (tertiary/aromatic N) is 3. The van der Waals surface area contributed by atoms with Crippen LogP contribution in [-0.2, 0) is 11.3 Å². The van der Waals surface area contributed by atoms with Crippen molar-refractivity contribution in [3.05, 3.63) is 47.8 Å². The summed E-state index contributed by atoms with van der Waals surface area (Å²) in [7, 11) is 0. The molecule has 2 heterocycles. The molecule has 2 aromatic rings. The highest BCUT2D eigenvalue weighted by Crippen LogP contribution is 2.19. The Labute approximate surface area is 145 Å². The highest BCUT2D eigenvalue weighted by Gasteiger charge is 2.21. The fourth-order valence-corrected chi connectivity index (χ4v) is 3.23. The average Bonchev–Trinajstić information content (AvgIpc) is 3.01. The Bertz CT molecular complexity index is 746. The predicted molar refractivity (Wildman–Crippen MR) is 90.2 cm³/mol. The Morgan fingerprint density at radius 1 is 1.36 bits per heavy atom. The molecular weight excluding hydrogens is 326 g/mol. The number of likely N-dealkylation sites (tertiary alicyclic amines) is 1. The van der Waals surface area contributed by atoms with Gasteiger partial charge in [-0.2, -0.15) is 5.10 Å². The molecule has 3 rings (SSSR count). The summed E-state index contributed by atoms with van der Waals surface area (Å²) in [5, 5.41) is 7.29. The number of carbonyl (C=O) groups excluding carboxylic acids is 1. The van der Waals surface area contributed by atoms with Crippen molar-refractivity contribution in [1.82, 2.24) is 20.0 Å². The third-order valence-corrected chi connectivity index (χ3v) is 4.43. The maximum absolute atomic E-state index is 13.9. The summed E-state index contributed by atoms with van der Waals surface area (Å²) in [6.45, 7) is 4.78. The number of carbonyl (C=O) groups is 1. The lowest BCUT2D eigenvalue weighted by Gasteiger charge is -2.32. The van der Waals surface area contributed by atoms with E-state index in [0.717, 1.165) is 37.7 Å². The molecule has 1 amide bonds. The Balaban J connectivity index is 1.62. The lowest BCUT2D eigenvalue weighted by Crippen LogP contribution is -2.40. The topological polar surface area (TPSA) is 50.2 Å². The lowest BCUT2D eigenvalue weighted by atomic mass is 9.98. The molecule has 1 fully saturated rings. The van der Waals surface area contributed by atoms with Crippen LogP contribution in [0.15, 0.2) is 30.5 Å². The molecule has 1 unspecified atom stereocenters. The Hall–Kier alpha value is -2.28. The van der Waals surface area contributed by atoms with Gasteiger partial charge in [-0.25, -0.2) is 13.5 Å². The molecule has 0 bridgehead atoms. The third-order valence-electron chi connectivity index (χ3n) is 4.43. The van der Waals surface area contributed by atoms with Crippen molar-refractivity contribution in [2.75, 3.05) is 19.6 Å². The first kappa shape index (κ1) is 17.5. The van der Waals surface area contributed by atoms with Gasteiger partial charge in [0.1, 0.15) is 11.5 Å². The number of rotatable bonds is 5. The number of halogens is 2. The van der Waals surface area contributed by atoms with Crippen LogP contribution in [0.1, 0.15) is 25.5 Å². The summed E-state index contributed by atoms with van der Waals surface area (Å²) in [6.07, 6.45) is 3.87. The standard InChI is InChI=1S/C18H22F2N4O/c1-13(25)21-10-14-3-2-7-23(11-14)12-16-6-8-24(22-16)18-5-4-15(19)9-17(18)20/h4-6,8-9,14H,2-3,7,10-12H2,1H3,(H,21,25). The summed E-state index contributed by atoms with van der Waals surface area (Å²) in [6, 6.07) is 5.30. The Morgan fingerprint density at radius 2 is 2.20 bits per heavy atom. The van der Waals surface area contributed by atoms with Gasteiger partial charge in [0.25, 0.3) is 0 Å². The first-order chi connectivity index (χ1) is 12.0. The van der Waals surface area contributed by atoms with Gasteiger partial charge in [0.2, 0.25) is 5.91 Å². The zero-order valence-electron chi connectivity index (χ0n) is 14.2. The molecule has 0 aliphatic carbocycles. The molecule has 1 atom stereocenters. The second-order valence-electron chi connectivity index (χ2n) is 6.53. The highest BCUT2D eigenvalue weighted by atomic mass is 19.1. The lowest BCUT2D eigenvalue weighted by molar-refractivity contribution is -0.119. The molecule has 7 heteroatoms. The minimum absolute atomic E-state index is 0.00260. The van der Waals surface area contributed by atoms with E-state index in [9.17, 15) is 13.6 Å². The van der Waals surface area contributed by atoms with Crippen LogP contribution in [0.5, 0.6) is 0 Å². The first-order valence-electron chi connectivity index (χ1n) is 8.48. The van der Waals surface area contributed by atoms with Crippen molar-refractivity contribution in [2.45, 2.75) is 26.3 Å². The van der Waals surface area contributed by atoms with Crippen LogP contribution in [0, 0.1) is 17.6 Å². The van der Waals surface area contributed by atoms with Gasteiger partial charge in [-0.1, -0.05) is 0 Å². The van der Waals surface area contributed by atoms with Crippen LogP contribution in [0.25, 0.3) is 5.69 Å². The number of benzene rings is 1. The van der Waals surface area contributed by atoms with Gasteiger partial charge in [0.15, 0.2) is 5.82 Å². The van der Waals surface area contributed by atoms with Crippen molar-refractivity contribution in [2.24, 2.45) is 5.92 Å². The van der Waals surface area contributed by atoms with Gasteiger partial charge in [0.05, 0.1) is 5.69 Å². The summed E-state index contributed by atoms with van der Waals surface area (Å²) in [4.78, 5) is 13.3. The molecule has 1 aromatic heterocycles. The van der Waals surface area contributed by atoms with Crippen LogP contribution in [0.4, 0.5) is 8.78 Å². The van der Waals surface area contributed by atoms with Crippen LogP contribution < -0.4 is 5.32 Å². The molecule has 0 saturated carbocycles. The molecule has 0 spiro atoms. The number of hydrogen-bond acceptors (Lipinski definition) is 3. The molecule has 25 heavy (non-hydrogen) atoms. The third kappa shape index (κ3) is 4.63. The highest BCUT2D eigenvalue weighted by molar-refractivity contribution is 5.72. The summed E-state index contributed by atoms with van der Waals surface area (Å²) < 4.78 is 28.3.